The molecule has 2 saturated carbocycles. The summed E-state index contributed by atoms with van der Waals surface area (Å²) in [6.07, 6.45) is 3.38. The first-order chi connectivity index (χ1) is 8.73. The van der Waals surface area contributed by atoms with E-state index < -0.39 is 17.4 Å². The molecule has 3 fully saturated rings. The molecule has 0 radical (unpaired) electrons. The van der Waals surface area contributed by atoms with Crippen molar-refractivity contribution in [2.75, 3.05) is 6.79 Å². The largest absolute Gasteiger partial charge is 0.427 e. The summed E-state index contributed by atoms with van der Waals surface area (Å²) in [5, 5.41) is 0. The third-order valence-electron chi connectivity index (χ3n) is 6.08. The third kappa shape index (κ3) is 1.40. The lowest BCUT2D eigenvalue weighted by Gasteiger charge is -2.50. The second-order valence-corrected chi connectivity index (χ2v) is 7.53. The summed E-state index contributed by atoms with van der Waals surface area (Å²) < 4.78 is 10.1. The Morgan fingerprint density at radius 3 is 2.11 bits per heavy atom. The van der Waals surface area contributed by atoms with Crippen LogP contribution < -0.4 is 0 Å². The Balaban J connectivity index is 2.09. The zero-order chi connectivity index (χ0) is 14.1. The molecule has 3 unspecified atom stereocenters. The van der Waals surface area contributed by atoms with Gasteiger partial charge in [-0.3, -0.25) is 9.59 Å². The monoisotopic (exact) mass is 266 g/mol. The Morgan fingerprint density at radius 1 is 1.05 bits per heavy atom. The molecule has 4 nitrogen and oxygen atoms in total. The van der Waals surface area contributed by atoms with Crippen LogP contribution in [-0.2, 0) is 19.1 Å². The smallest absolute Gasteiger partial charge is 0.326 e. The van der Waals surface area contributed by atoms with Crippen molar-refractivity contribution in [3.05, 3.63) is 0 Å². The molecule has 106 valence electrons. The highest BCUT2D eigenvalue weighted by molar-refractivity contribution is 6.01. The van der Waals surface area contributed by atoms with Crippen molar-refractivity contribution >= 4 is 11.9 Å². The van der Waals surface area contributed by atoms with Crippen molar-refractivity contribution in [2.24, 2.45) is 28.1 Å². The fourth-order valence-corrected chi connectivity index (χ4v) is 5.50. The van der Waals surface area contributed by atoms with Gasteiger partial charge in [0.15, 0.2) is 5.41 Å². The number of cyclic esters (lactones) is 2. The van der Waals surface area contributed by atoms with Crippen LogP contribution >= 0.6 is 0 Å². The van der Waals surface area contributed by atoms with Gasteiger partial charge in [0, 0.05) is 0 Å². The molecule has 0 N–H and O–H groups in total. The van der Waals surface area contributed by atoms with Crippen LogP contribution in [0.4, 0.5) is 0 Å². The van der Waals surface area contributed by atoms with E-state index in [0.29, 0.717) is 5.92 Å². The molecule has 0 spiro atoms. The number of carbonyl (C=O) groups is 2. The van der Waals surface area contributed by atoms with E-state index >= 15 is 0 Å². The molecule has 2 bridgehead atoms. The van der Waals surface area contributed by atoms with Crippen molar-refractivity contribution in [2.45, 2.75) is 47.0 Å². The number of esters is 2. The van der Waals surface area contributed by atoms with Crippen molar-refractivity contribution < 1.29 is 19.1 Å². The van der Waals surface area contributed by atoms with Gasteiger partial charge in [-0.05, 0) is 48.9 Å². The minimum absolute atomic E-state index is 0.00782. The summed E-state index contributed by atoms with van der Waals surface area (Å²) in [4.78, 5) is 24.6. The third-order valence-corrected chi connectivity index (χ3v) is 6.08. The summed E-state index contributed by atoms with van der Waals surface area (Å²) in [6.45, 7) is 8.07. The molecule has 1 heterocycles. The van der Waals surface area contributed by atoms with Crippen LogP contribution in [0.15, 0.2) is 0 Å². The molecule has 0 aromatic rings. The number of hydrogen-bond acceptors (Lipinski definition) is 4. The average molecular weight is 266 g/mol. The topological polar surface area (TPSA) is 52.6 Å². The summed E-state index contributed by atoms with van der Waals surface area (Å²) in [5.74, 6) is -0.236. The first-order valence-electron chi connectivity index (χ1n) is 7.07. The molecule has 2 aliphatic carbocycles. The Bertz CT molecular complexity index is 432. The van der Waals surface area contributed by atoms with Gasteiger partial charge in [0.05, 0.1) is 0 Å². The minimum atomic E-state index is -1.15. The number of hydrogen-bond donors (Lipinski definition) is 0. The molecule has 19 heavy (non-hydrogen) atoms. The lowest BCUT2D eigenvalue weighted by molar-refractivity contribution is -0.214. The first kappa shape index (κ1) is 12.9. The van der Waals surface area contributed by atoms with E-state index in [1.54, 1.807) is 6.92 Å². The van der Waals surface area contributed by atoms with Gasteiger partial charge < -0.3 is 9.47 Å². The maximum Gasteiger partial charge on any atom is 0.326 e. The predicted molar refractivity (Wildman–Crippen MR) is 67.9 cm³/mol. The molecule has 0 aromatic carbocycles. The van der Waals surface area contributed by atoms with Crippen LogP contribution in [-0.4, -0.2) is 18.7 Å². The van der Waals surface area contributed by atoms with Gasteiger partial charge in [0.25, 0.3) is 0 Å². The highest BCUT2D eigenvalue weighted by Crippen LogP contribution is 2.70. The van der Waals surface area contributed by atoms with Gasteiger partial charge in [-0.25, -0.2) is 0 Å². The van der Waals surface area contributed by atoms with Gasteiger partial charge in [0.1, 0.15) is 0 Å². The SMILES string of the molecule is CC12CCC(C1)C(C)(C)C2C1(C)C(=O)OCOC1=O. The molecule has 4 heteroatoms. The Morgan fingerprint density at radius 2 is 1.63 bits per heavy atom. The molecule has 1 aliphatic heterocycles. The van der Waals surface area contributed by atoms with Crippen molar-refractivity contribution in [1.29, 1.82) is 0 Å². The molecule has 3 aliphatic rings. The molecular weight excluding hydrogens is 244 g/mol. The molecule has 3 rings (SSSR count). The van der Waals surface area contributed by atoms with Crippen molar-refractivity contribution in [3.8, 4) is 0 Å². The second-order valence-electron chi connectivity index (χ2n) is 7.53. The van der Waals surface area contributed by atoms with Crippen LogP contribution in [0, 0.1) is 28.1 Å². The summed E-state index contributed by atoms with van der Waals surface area (Å²) in [6, 6.07) is 0. The Labute approximate surface area is 113 Å². The predicted octanol–water partition coefficient (Wildman–Crippen LogP) is 2.51. The number of fused-ring (bicyclic) bond motifs is 2. The first-order valence-corrected chi connectivity index (χ1v) is 7.07. The van der Waals surface area contributed by atoms with Gasteiger partial charge in [-0.15, -0.1) is 0 Å². The van der Waals surface area contributed by atoms with E-state index in [1.165, 1.54) is 6.42 Å². The van der Waals surface area contributed by atoms with E-state index in [9.17, 15) is 9.59 Å². The van der Waals surface area contributed by atoms with Gasteiger partial charge in [-0.2, -0.15) is 0 Å². The number of ether oxygens (including phenoxy) is 2. The molecule has 1 saturated heterocycles. The van der Waals surface area contributed by atoms with Crippen molar-refractivity contribution in [3.63, 3.8) is 0 Å². The normalized spacial score (nSPS) is 42.9. The maximum absolute atomic E-state index is 12.3. The minimum Gasteiger partial charge on any atom is -0.427 e. The molecular formula is C15H22O4. The fraction of sp³-hybridized carbons (Fsp3) is 0.867. The van der Waals surface area contributed by atoms with Gasteiger partial charge in [0.2, 0.25) is 6.79 Å². The van der Waals surface area contributed by atoms with Crippen LogP contribution in [0.5, 0.6) is 0 Å². The summed E-state index contributed by atoms with van der Waals surface area (Å²) in [5.41, 5.74) is -1.14. The number of rotatable bonds is 1. The highest BCUT2D eigenvalue weighted by atomic mass is 16.7. The molecule has 3 atom stereocenters. The Hall–Kier alpha value is -1.06. The van der Waals surface area contributed by atoms with Crippen LogP contribution in [0.25, 0.3) is 0 Å². The van der Waals surface area contributed by atoms with E-state index in [-0.39, 0.29) is 23.5 Å². The average Bonchev–Trinajstić information content (AvgIpc) is 2.77. The standard InChI is InChI=1S/C15H22O4/c1-13(2)9-5-6-14(3,7-9)10(13)15(4)11(16)18-8-19-12(15)17/h9-10H,5-8H2,1-4H3. The lowest BCUT2D eigenvalue weighted by atomic mass is 9.53. The van der Waals surface area contributed by atoms with E-state index in [2.05, 4.69) is 20.8 Å². The zero-order valence-electron chi connectivity index (χ0n) is 12.1. The number of carbonyl (C=O) groups excluding carboxylic acids is 2. The second kappa shape index (κ2) is 3.53. The van der Waals surface area contributed by atoms with E-state index in [0.717, 1.165) is 12.8 Å². The maximum atomic E-state index is 12.3. The lowest BCUT2D eigenvalue weighted by Crippen LogP contribution is -2.57. The summed E-state index contributed by atoms with van der Waals surface area (Å²) in [7, 11) is 0. The zero-order valence-corrected chi connectivity index (χ0v) is 12.1. The van der Waals surface area contributed by atoms with Crippen molar-refractivity contribution in [1.82, 2.24) is 0 Å². The molecule has 0 amide bonds. The van der Waals surface area contributed by atoms with E-state index in [1.807, 2.05) is 0 Å². The van der Waals surface area contributed by atoms with Gasteiger partial charge in [-0.1, -0.05) is 20.8 Å². The highest BCUT2D eigenvalue weighted by Gasteiger charge is 2.70. The Kier molecular flexibility index (Phi) is 2.40. The van der Waals surface area contributed by atoms with E-state index in [4.69, 9.17) is 9.47 Å². The quantitative estimate of drug-likeness (QED) is 0.540. The fourth-order valence-electron chi connectivity index (χ4n) is 5.50. The summed E-state index contributed by atoms with van der Waals surface area (Å²) >= 11 is 0. The molecule has 0 aromatic heterocycles. The van der Waals surface area contributed by atoms with Crippen LogP contribution in [0.1, 0.15) is 47.0 Å². The van der Waals surface area contributed by atoms with Crippen LogP contribution in [0.3, 0.4) is 0 Å². The van der Waals surface area contributed by atoms with Gasteiger partial charge >= 0.3 is 11.9 Å². The van der Waals surface area contributed by atoms with Crippen LogP contribution in [0.2, 0.25) is 0 Å².